The Balaban J connectivity index is 2.84. The van der Waals surface area contributed by atoms with Crippen molar-refractivity contribution in [3.8, 4) is 0 Å². The van der Waals surface area contributed by atoms with Gasteiger partial charge in [0.2, 0.25) is 5.91 Å². The van der Waals surface area contributed by atoms with Crippen LogP contribution < -0.4 is 11.1 Å². The number of carboxylic acid groups (broad SMARTS) is 1. The summed E-state index contributed by atoms with van der Waals surface area (Å²) in [4.78, 5) is 25.5. The predicted molar refractivity (Wildman–Crippen MR) is 62.7 cm³/mol. The standard InChI is InChI=1S/C11H15N3O3/c1-11(2,6-8(12)15)14-9-5-3-4-7(13-9)10(16)17/h3-5H,6H2,1-2H3,(H2,12,15)(H,13,14)(H,16,17). The van der Waals surface area contributed by atoms with Crippen LogP contribution in [0.25, 0.3) is 0 Å². The summed E-state index contributed by atoms with van der Waals surface area (Å²) < 4.78 is 0. The van der Waals surface area contributed by atoms with E-state index in [2.05, 4.69) is 10.3 Å². The maximum absolute atomic E-state index is 10.8. The van der Waals surface area contributed by atoms with Crippen molar-refractivity contribution in [2.45, 2.75) is 25.8 Å². The molecule has 17 heavy (non-hydrogen) atoms. The molecule has 4 N–H and O–H groups in total. The van der Waals surface area contributed by atoms with E-state index in [1.165, 1.54) is 6.07 Å². The third kappa shape index (κ3) is 4.10. The van der Waals surface area contributed by atoms with Gasteiger partial charge in [-0.2, -0.15) is 0 Å². The van der Waals surface area contributed by atoms with Crippen molar-refractivity contribution in [1.29, 1.82) is 0 Å². The molecule has 0 fully saturated rings. The normalized spacial score (nSPS) is 10.9. The first-order valence-electron chi connectivity index (χ1n) is 5.07. The zero-order valence-electron chi connectivity index (χ0n) is 9.73. The van der Waals surface area contributed by atoms with Crippen LogP contribution in [0.1, 0.15) is 30.8 Å². The lowest BCUT2D eigenvalue weighted by Crippen LogP contribution is -2.36. The molecule has 0 aliphatic heterocycles. The molecular weight excluding hydrogens is 222 g/mol. The number of nitrogens with two attached hydrogens (primary N) is 1. The first-order chi connectivity index (χ1) is 7.80. The van der Waals surface area contributed by atoms with E-state index in [1.54, 1.807) is 26.0 Å². The van der Waals surface area contributed by atoms with Crippen molar-refractivity contribution in [3.63, 3.8) is 0 Å². The molecule has 0 radical (unpaired) electrons. The summed E-state index contributed by atoms with van der Waals surface area (Å²) in [6.45, 7) is 3.57. The number of amides is 1. The highest BCUT2D eigenvalue weighted by Gasteiger charge is 2.21. The molecule has 0 aromatic carbocycles. The van der Waals surface area contributed by atoms with Gasteiger partial charge >= 0.3 is 5.97 Å². The SMILES string of the molecule is CC(C)(CC(N)=O)Nc1cccc(C(=O)O)n1. The number of carbonyl (C=O) groups excluding carboxylic acids is 1. The number of primary amides is 1. The topological polar surface area (TPSA) is 105 Å². The molecule has 1 aromatic rings. The largest absolute Gasteiger partial charge is 0.477 e. The highest BCUT2D eigenvalue weighted by Crippen LogP contribution is 2.16. The Morgan fingerprint density at radius 1 is 1.47 bits per heavy atom. The summed E-state index contributed by atoms with van der Waals surface area (Å²) in [7, 11) is 0. The summed E-state index contributed by atoms with van der Waals surface area (Å²) in [5.74, 6) is -1.13. The van der Waals surface area contributed by atoms with E-state index in [0.29, 0.717) is 5.82 Å². The summed E-state index contributed by atoms with van der Waals surface area (Å²) >= 11 is 0. The van der Waals surface area contributed by atoms with Crippen LogP contribution >= 0.6 is 0 Å². The van der Waals surface area contributed by atoms with E-state index in [0.717, 1.165) is 0 Å². The molecule has 0 spiro atoms. The second-order valence-corrected chi connectivity index (χ2v) is 4.37. The Bertz CT molecular complexity index is 443. The van der Waals surface area contributed by atoms with E-state index in [-0.39, 0.29) is 12.1 Å². The zero-order valence-corrected chi connectivity index (χ0v) is 9.73. The number of carboxylic acids is 1. The molecule has 0 atom stereocenters. The highest BCUT2D eigenvalue weighted by atomic mass is 16.4. The van der Waals surface area contributed by atoms with Crippen LogP contribution in [0.5, 0.6) is 0 Å². The Labute approximate surface area is 98.8 Å². The van der Waals surface area contributed by atoms with Crippen molar-refractivity contribution in [1.82, 2.24) is 4.98 Å². The fourth-order valence-electron chi connectivity index (χ4n) is 1.45. The van der Waals surface area contributed by atoms with E-state index in [4.69, 9.17) is 10.8 Å². The van der Waals surface area contributed by atoms with Gasteiger partial charge in [0.05, 0.1) is 0 Å². The summed E-state index contributed by atoms with van der Waals surface area (Å²) in [6.07, 6.45) is 0.131. The van der Waals surface area contributed by atoms with Gasteiger partial charge in [0, 0.05) is 12.0 Å². The number of aromatic carboxylic acids is 1. The van der Waals surface area contributed by atoms with Gasteiger partial charge in [-0.3, -0.25) is 4.79 Å². The summed E-state index contributed by atoms with van der Waals surface area (Å²) in [6, 6.07) is 4.61. The second-order valence-electron chi connectivity index (χ2n) is 4.37. The Hall–Kier alpha value is -2.11. The number of rotatable bonds is 5. The molecule has 1 heterocycles. The maximum Gasteiger partial charge on any atom is 0.354 e. The number of anilines is 1. The van der Waals surface area contributed by atoms with Gasteiger partial charge < -0.3 is 16.2 Å². The lowest BCUT2D eigenvalue weighted by atomic mass is 10.0. The number of nitrogens with zero attached hydrogens (tertiary/aromatic N) is 1. The van der Waals surface area contributed by atoms with E-state index >= 15 is 0 Å². The molecule has 0 aliphatic carbocycles. The summed E-state index contributed by atoms with van der Waals surface area (Å²) in [5, 5.41) is 11.8. The van der Waals surface area contributed by atoms with Crippen LogP contribution in [0.2, 0.25) is 0 Å². The van der Waals surface area contributed by atoms with Gasteiger partial charge in [0.25, 0.3) is 0 Å². The second kappa shape index (κ2) is 4.82. The average molecular weight is 237 g/mol. The molecule has 0 aliphatic rings. The summed E-state index contributed by atoms with van der Waals surface area (Å²) in [5.41, 5.74) is 4.49. The smallest absolute Gasteiger partial charge is 0.354 e. The van der Waals surface area contributed by atoms with Crippen LogP contribution in [0.3, 0.4) is 0 Å². The molecule has 6 heteroatoms. The van der Waals surface area contributed by atoms with Gasteiger partial charge in [-0.1, -0.05) is 6.07 Å². The fraction of sp³-hybridized carbons (Fsp3) is 0.364. The van der Waals surface area contributed by atoms with E-state index in [9.17, 15) is 9.59 Å². The molecule has 1 aromatic heterocycles. The monoisotopic (exact) mass is 237 g/mol. The van der Waals surface area contributed by atoms with Crippen LogP contribution in [0, 0.1) is 0 Å². The van der Waals surface area contributed by atoms with Gasteiger partial charge in [0.15, 0.2) is 5.69 Å². The van der Waals surface area contributed by atoms with Crippen LogP contribution in [0.4, 0.5) is 5.82 Å². The third-order valence-electron chi connectivity index (χ3n) is 2.05. The molecule has 0 saturated carbocycles. The number of carbonyl (C=O) groups is 2. The van der Waals surface area contributed by atoms with Crippen LogP contribution in [0.15, 0.2) is 18.2 Å². The number of hydrogen-bond donors (Lipinski definition) is 3. The lowest BCUT2D eigenvalue weighted by molar-refractivity contribution is -0.118. The van der Waals surface area contributed by atoms with Crippen LogP contribution in [-0.4, -0.2) is 27.5 Å². The molecule has 1 rings (SSSR count). The number of nitrogens with one attached hydrogen (secondary N) is 1. The maximum atomic E-state index is 10.8. The molecule has 0 saturated heterocycles. The van der Waals surface area contributed by atoms with Gasteiger partial charge in [-0.15, -0.1) is 0 Å². The number of hydrogen-bond acceptors (Lipinski definition) is 4. The highest BCUT2D eigenvalue weighted by molar-refractivity contribution is 5.85. The Kier molecular flexibility index (Phi) is 3.67. The molecule has 6 nitrogen and oxygen atoms in total. The van der Waals surface area contributed by atoms with E-state index in [1.807, 2.05) is 0 Å². The van der Waals surface area contributed by atoms with E-state index < -0.39 is 17.4 Å². The molecule has 0 bridgehead atoms. The van der Waals surface area contributed by atoms with Gasteiger partial charge in [0.1, 0.15) is 5.82 Å². The lowest BCUT2D eigenvalue weighted by Gasteiger charge is -2.25. The molecular formula is C11H15N3O3. The van der Waals surface area contributed by atoms with Crippen molar-refractivity contribution >= 4 is 17.7 Å². The van der Waals surface area contributed by atoms with Crippen molar-refractivity contribution in [3.05, 3.63) is 23.9 Å². The first-order valence-corrected chi connectivity index (χ1v) is 5.07. The average Bonchev–Trinajstić information content (AvgIpc) is 2.14. The van der Waals surface area contributed by atoms with Gasteiger partial charge in [-0.05, 0) is 26.0 Å². The minimum absolute atomic E-state index is 0.0510. The zero-order chi connectivity index (χ0) is 13.1. The molecule has 0 unspecified atom stereocenters. The predicted octanol–water partition coefficient (Wildman–Crippen LogP) is 0.846. The minimum Gasteiger partial charge on any atom is -0.477 e. The Morgan fingerprint density at radius 2 is 2.12 bits per heavy atom. The molecule has 1 amide bonds. The number of aromatic nitrogens is 1. The number of pyridine rings is 1. The third-order valence-corrected chi connectivity index (χ3v) is 2.05. The Morgan fingerprint density at radius 3 is 2.65 bits per heavy atom. The van der Waals surface area contributed by atoms with Crippen molar-refractivity contribution < 1.29 is 14.7 Å². The first kappa shape index (κ1) is 13.0. The minimum atomic E-state index is -1.10. The van der Waals surface area contributed by atoms with Crippen molar-refractivity contribution in [2.75, 3.05) is 5.32 Å². The quantitative estimate of drug-likeness (QED) is 0.703. The van der Waals surface area contributed by atoms with Crippen LogP contribution in [-0.2, 0) is 4.79 Å². The van der Waals surface area contributed by atoms with Crippen molar-refractivity contribution in [2.24, 2.45) is 5.73 Å². The van der Waals surface area contributed by atoms with Gasteiger partial charge in [-0.25, -0.2) is 9.78 Å². The fourth-order valence-corrected chi connectivity index (χ4v) is 1.45. The molecule has 92 valence electrons.